The van der Waals surface area contributed by atoms with Gasteiger partial charge in [-0.05, 0) is 54.1 Å². The van der Waals surface area contributed by atoms with E-state index >= 15 is 0 Å². The van der Waals surface area contributed by atoms with Crippen molar-refractivity contribution in [3.63, 3.8) is 0 Å². The topological polar surface area (TPSA) is 51.0 Å². The number of hydrogen-bond donors (Lipinski definition) is 1. The van der Waals surface area contributed by atoms with E-state index in [1.165, 1.54) is 30.5 Å². The van der Waals surface area contributed by atoms with Gasteiger partial charge in [-0.2, -0.15) is 0 Å². The number of hydrogen-bond acceptors (Lipinski definition) is 4. The first-order chi connectivity index (χ1) is 10.3. The van der Waals surface area contributed by atoms with Crippen molar-refractivity contribution in [3.8, 4) is 11.6 Å². The smallest absolute Gasteiger partial charge is 0.199 e. The monoisotopic (exact) mass is 349 g/mol. The third kappa shape index (κ3) is 3.12. The third-order valence-corrected chi connectivity index (χ3v) is 4.42. The number of rotatable bonds is 4. The van der Waals surface area contributed by atoms with Crippen LogP contribution >= 0.6 is 15.9 Å². The summed E-state index contributed by atoms with van der Waals surface area (Å²) in [5.41, 5.74) is 2.48. The molecule has 3 rings (SSSR count). The Balaban J connectivity index is 2.06. The lowest BCUT2D eigenvalue weighted by molar-refractivity contribution is 0.575. The number of furan rings is 1. The molecule has 0 aliphatic heterocycles. The van der Waals surface area contributed by atoms with Gasteiger partial charge in [0.05, 0.1) is 10.7 Å². The molecule has 0 atom stereocenters. The summed E-state index contributed by atoms with van der Waals surface area (Å²) in [6, 6.07) is 1.88. The van der Waals surface area contributed by atoms with Gasteiger partial charge >= 0.3 is 0 Å². The van der Waals surface area contributed by atoms with Crippen LogP contribution in [0.3, 0.4) is 0 Å². The molecule has 21 heavy (non-hydrogen) atoms. The Hall–Kier alpha value is -1.36. The van der Waals surface area contributed by atoms with E-state index in [0.717, 1.165) is 36.1 Å². The Labute approximate surface area is 133 Å². The van der Waals surface area contributed by atoms with Gasteiger partial charge < -0.3 is 9.73 Å². The molecule has 2 heterocycles. The highest BCUT2D eigenvalue weighted by Gasteiger charge is 2.19. The fourth-order valence-corrected chi connectivity index (χ4v) is 3.09. The van der Waals surface area contributed by atoms with Crippen molar-refractivity contribution < 1.29 is 4.42 Å². The largest absolute Gasteiger partial charge is 0.460 e. The van der Waals surface area contributed by atoms with Crippen LogP contribution in [0.1, 0.15) is 43.9 Å². The summed E-state index contributed by atoms with van der Waals surface area (Å²) in [5, 5.41) is 3.46. The zero-order chi connectivity index (χ0) is 14.7. The molecule has 2 aromatic heterocycles. The summed E-state index contributed by atoms with van der Waals surface area (Å²) < 4.78 is 6.43. The van der Waals surface area contributed by atoms with Gasteiger partial charge in [-0.3, -0.25) is 0 Å². The molecule has 4 nitrogen and oxygen atoms in total. The second-order valence-corrected chi connectivity index (χ2v) is 6.26. The van der Waals surface area contributed by atoms with E-state index in [2.05, 4.69) is 28.2 Å². The molecule has 0 radical (unpaired) electrons. The van der Waals surface area contributed by atoms with Crippen molar-refractivity contribution >= 4 is 21.7 Å². The predicted molar refractivity (Wildman–Crippen MR) is 87.5 cm³/mol. The quantitative estimate of drug-likeness (QED) is 0.820. The molecule has 0 saturated heterocycles. The van der Waals surface area contributed by atoms with E-state index in [-0.39, 0.29) is 0 Å². The number of nitrogens with one attached hydrogen (secondary N) is 1. The van der Waals surface area contributed by atoms with Crippen LogP contribution in [-0.2, 0) is 12.8 Å². The first-order valence-corrected chi connectivity index (χ1v) is 8.46. The zero-order valence-corrected chi connectivity index (χ0v) is 13.9. The molecule has 5 heteroatoms. The molecule has 1 aliphatic rings. The molecule has 0 aromatic carbocycles. The highest BCUT2D eigenvalue weighted by molar-refractivity contribution is 9.10. The summed E-state index contributed by atoms with van der Waals surface area (Å²) in [5.74, 6) is 2.37. The second kappa shape index (κ2) is 6.60. The van der Waals surface area contributed by atoms with Crippen molar-refractivity contribution in [2.75, 3.05) is 11.9 Å². The van der Waals surface area contributed by atoms with Crippen molar-refractivity contribution in [1.82, 2.24) is 9.97 Å². The lowest BCUT2D eigenvalue weighted by Gasteiger charge is -2.14. The highest BCUT2D eigenvalue weighted by Crippen LogP contribution is 2.31. The van der Waals surface area contributed by atoms with Crippen LogP contribution in [0.25, 0.3) is 11.6 Å². The zero-order valence-electron chi connectivity index (χ0n) is 12.3. The fourth-order valence-electron chi connectivity index (χ4n) is 2.72. The Morgan fingerprint density at radius 2 is 2.10 bits per heavy atom. The minimum atomic E-state index is 0.672. The number of aryl methyl sites for hydroxylation is 1. The van der Waals surface area contributed by atoms with Gasteiger partial charge in [0, 0.05) is 17.8 Å². The van der Waals surface area contributed by atoms with E-state index < -0.39 is 0 Å². The normalized spacial score (nSPS) is 14.6. The molecular weight excluding hydrogens is 330 g/mol. The van der Waals surface area contributed by atoms with Crippen LogP contribution in [0.2, 0.25) is 0 Å². The van der Waals surface area contributed by atoms with Crippen LogP contribution in [-0.4, -0.2) is 16.5 Å². The highest BCUT2D eigenvalue weighted by atomic mass is 79.9. The second-order valence-electron chi connectivity index (χ2n) is 5.41. The molecule has 112 valence electrons. The van der Waals surface area contributed by atoms with E-state index in [9.17, 15) is 0 Å². The molecule has 0 spiro atoms. The van der Waals surface area contributed by atoms with Gasteiger partial charge in [0.2, 0.25) is 0 Å². The third-order valence-electron chi connectivity index (χ3n) is 3.80. The molecule has 0 unspecified atom stereocenters. The van der Waals surface area contributed by atoms with Gasteiger partial charge in [0.15, 0.2) is 11.6 Å². The van der Waals surface area contributed by atoms with Crippen LogP contribution < -0.4 is 5.32 Å². The van der Waals surface area contributed by atoms with Gasteiger partial charge in [-0.15, -0.1) is 0 Å². The number of aromatic nitrogens is 2. The molecular formula is C16H20BrN3O. The van der Waals surface area contributed by atoms with Gasteiger partial charge in [0.25, 0.3) is 0 Å². The van der Waals surface area contributed by atoms with Crippen LogP contribution in [0.15, 0.2) is 21.2 Å². The molecule has 2 aromatic rings. The van der Waals surface area contributed by atoms with Crippen LogP contribution in [0.5, 0.6) is 0 Å². The van der Waals surface area contributed by atoms with E-state index in [4.69, 9.17) is 14.4 Å². The minimum absolute atomic E-state index is 0.672. The maximum absolute atomic E-state index is 5.53. The Kier molecular flexibility index (Phi) is 4.58. The summed E-state index contributed by atoms with van der Waals surface area (Å²) in [7, 11) is 0. The van der Waals surface area contributed by atoms with Gasteiger partial charge in [-0.25, -0.2) is 9.97 Å². The molecule has 0 saturated carbocycles. The first-order valence-electron chi connectivity index (χ1n) is 7.66. The van der Waals surface area contributed by atoms with Crippen molar-refractivity contribution in [3.05, 3.63) is 28.1 Å². The van der Waals surface area contributed by atoms with Crippen LogP contribution in [0.4, 0.5) is 5.82 Å². The SMILES string of the molecule is CCCNc1nc(-c2occc2Br)nc2c1CCCCC2. The predicted octanol–water partition coefficient (Wildman–Crippen LogP) is 4.59. The average Bonchev–Trinajstić information content (AvgIpc) is 2.78. The summed E-state index contributed by atoms with van der Waals surface area (Å²) in [4.78, 5) is 9.49. The Morgan fingerprint density at radius 1 is 1.24 bits per heavy atom. The summed E-state index contributed by atoms with van der Waals surface area (Å²) in [6.45, 7) is 3.10. The van der Waals surface area contributed by atoms with Crippen molar-refractivity contribution in [2.45, 2.75) is 45.4 Å². The minimum Gasteiger partial charge on any atom is -0.460 e. The van der Waals surface area contributed by atoms with Gasteiger partial charge in [0.1, 0.15) is 5.82 Å². The number of anilines is 1. The van der Waals surface area contributed by atoms with E-state index in [1.807, 2.05) is 6.07 Å². The summed E-state index contributed by atoms with van der Waals surface area (Å²) in [6.07, 6.45) is 8.54. The number of halogens is 1. The summed E-state index contributed by atoms with van der Waals surface area (Å²) >= 11 is 3.50. The molecule has 0 fully saturated rings. The molecule has 0 bridgehead atoms. The van der Waals surface area contributed by atoms with Crippen molar-refractivity contribution in [1.29, 1.82) is 0 Å². The lowest BCUT2D eigenvalue weighted by Crippen LogP contribution is -2.10. The molecule has 1 N–H and O–H groups in total. The standard InChI is InChI=1S/C16H20BrN3O/c1-2-9-18-15-11-6-4-3-5-7-13(11)19-16(20-15)14-12(17)8-10-21-14/h8,10H,2-7,9H2,1H3,(H,18,19,20). The molecule has 1 aliphatic carbocycles. The maximum Gasteiger partial charge on any atom is 0.199 e. The lowest BCUT2D eigenvalue weighted by atomic mass is 10.1. The first kappa shape index (κ1) is 14.6. The fraction of sp³-hybridized carbons (Fsp3) is 0.500. The van der Waals surface area contributed by atoms with Crippen LogP contribution in [0, 0.1) is 0 Å². The maximum atomic E-state index is 5.53. The molecule has 0 amide bonds. The average molecular weight is 350 g/mol. The Morgan fingerprint density at radius 3 is 2.86 bits per heavy atom. The van der Waals surface area contributed by atoms with Gasteiger partial charge in [-0.1, -0.05) is 13.3 Å². The van der Waals surface area contributed by atoms with E-state index in [0.29, 0.717) is 11.6 Å². The number of nitrogens with zero attached hydrogens (tertiary/aromatic N) is 2. The van der Waals surface area contributed by atoms with E-state index in [1.54, 1.807) is 6.26 Å². The van der Waals surface area contributed by atoms with Crippen molar-refractivity contribution in [2.24, 2.45) is 0 Å². The number of fused-ring (bicyclic) bond motifs is 1. The Bertz CT molecular complexity index is 624.